The minimum atomic E-state index is -4.69. The first-order chi connectivity index (χ1) is 14.2. The zero-order valence-electron chi connectivity index (χ0n) is 21.0. The summed E-state index contributed by atoms with van der Waals surface area (Å²) in [6.07, 6.45) is -3.49. The molecule has 1 saturated heterocycles. The lowest BCUT2D eigenvalue weighted by Gasteiger charge is -2.38. The number of likely N-dealkylation sites (tertiary alicyclic amines) is 1. The maximum atomic E-state index is 12.7. The van der Waals surface area contributed by atoms with Crippen LogP contribution in [0.1, 0.15) is 52.6 Å². The highest BCUT2D eigenvalue weighted by Crippen LogP contribution is 2.38. The van der Waals surface area contributed by atoms with E-state index in [1.54, 1.807) is 6.07 Å². The van der Waals surface area contributed by atoms with Gasteiger partial charge in [-0.15, -0.1) is 13.2 Å². The van der Waals surface area contributed by atoms with Crippen molar-refractivity contribution in [1.29, 1.82) is 0 Å². The van der Waals surface area contributed by atoms with Crippen LogP contribution >= 0.6 is 27.0 Å². The maximum absolute atomic E-state index is 12.7. The van der Waals surface area contributed by atoms with Crippen LogP contribution in [0.15, 0.2) is 24.3 Å². The maximum Gasteiger partial charge on any atom is 0.573 e. The van der Waals surface area contributed by atoms with Crippen molar-refractivity contribution in [3.05, 3.63) is 29.8 Å². The fraction of sp³-hybridized carbons (Fsp3) is 0.739. The predicted octanol–water partition coefficient (Wildman–Crippen LogP) is 6.19. The standard InChI is InChI=1S/C23H39F3N2O2Si.2H2S/c1-17(2)14-27-21(18-9-8-10-19(13-18)29-23(24,25)26)16-28-12-11-20(15-28)30-31(6,7)22(3,4)5;;/h8-10,13,17,20-21,27H,11-12,14-16H2,1-7H3;2*1H2/t20-,21-;;/m1../s1. The van der Waals surface area contributed by atoms with Gasteiger partial charge in [-0.3, -0.25) is 4.90 Å². The Morgan fingerprint density at radius 1 is 1.15 bits per heavy atom. The number of nitrogens with zero attached hydrogens (tertiary/aromatic N) is 1. The third-order valence-corrected chi connectivity index (χ3v) is 10.7. The van der Waals surface area contributed by atoms with Crippen LogP contribution in [0.4, 0.5) is 13.2 Å². The summed E-state index contributed by atoms with van der Waals surface area (Å²) in [5, 5.41) is 3.70. The van der Waals surface area contributed by atoms with Gasteiger partial charge < -0.3 is 14.5 Å². The van der Waals surface area contributed by atoms with Gasteiger partial charge in [0.2, 0.25) is 0 Å². The van der Waals surface area contributed by atoms with Crippen LogP contribution in [0.2, 0.25) is 18.1 Å². The Labute approximate surface area is 213 Å². The van der Waals surface area contributed by atoms with Crippen LogP contribution in [0.3, 0.4) is 0 Å². The Morgan fingerprint density at radius 3 is 2.33 bits per heavy atom. The molecule has 1 aliphatic rings. The number of benzene rings is 1. The highest BCUT2D eigenvalue weighted by Gasteiger charge is 2.40. The average molecular weight is 529 g/mol. The van der Waals surface area contributed by atoms with Gasteiger partial charge in [0.1, 0.15) is 5.75 Å². The quantitative estimate of drug-likeness (QED) is 0.387. The summed E-state index contributed by atoms with van der Waals surface area (Å²) in [4.78, 5) is 2.35. The molecule has 0 amide bonds. The average Bonchev–Trinajstić information content (AvgIpc) is 3.02. The zero-order chi connectivity index (χ0) is 23.4. The minimum Gasteiger partial charge on any atom is -0.413 e. The summed E-state index contributed by atoms with van der Waals surface area (Å²) in [5.41, 5.74) is 0.802. The van der Waals surface area contributed by atoms with E-state index in [-0.39, 0.29) is 49.9 Å². The zero-order valence-corrected chi connectivity index (χ0v) is 24.0. The molecule has 0 unspecified atom stereocenters. The summed E-state index contributed by atoms with van der Waals surface area (Å²) >= 11 is 0. The molecular weight excluding hydrogens is 485 g/mol. The van der Waals surface area contributed by atoms with E-state index in [0.29, 0.717) is 5.92 Å². The number of alkyl halides is 3. The fourth-order valence-corrected chi connectivity index (χ4v) is 4.88. The molecule has 1 aromatic carbocycles. The molecule has 2 atom stereocenters. The van der Waals surface area contributed by atoms with Gasteiger partial charge in [-0.1, -0.05) is 46.8 Å². The van der Waals surface area contributed by atoms with Crippen molar-refractivity contribution in [2.45, 2.75) is 77.7 Å². The SMILES string of the molecule is CC(C)CN[C@H](CN1CC[C@@H](O[Si](C)(C)C(C)(C)C)C1)c1cccc(OC(F)(F)F)c1.S.S. The van der Waals surface area contributed by atoms with Gasteiger partial charge in [-0.25, -0.2) is 0 Å². The summed E-state index contributed by atoms with van der Waals surface area (Å²) in [6, 6.07) is 6.24. The Morgan fingerprint density at radius 2 is 1.79 bits per heavy atom. The Bertz CT molecular complexity index is 716. The summed E-state index contributed by atoms with van der Waals surface area (Å²) < 4.78 is 48.7. The topological polar surface area (TPSA) is 33.7 Å². The third-order valence-electron chi connectivity index (χ3n) is 6.20. The molecule has 10 heteroatoms. The van der Waals surface area contributed by atoms with Crippen LogP contribution in [-0.4, -0.2) is 51.9 Å². The van der Waals surface area contributed by atoms with Gasteiger partial charge in [0.05, 0.1) is 6.10 Å². The minimum absolute atomic E-state index is 0. The third kappa shape index (κ3) is 10.8. The largest absolute Gasteiger partial charge is 0.573 e. The molecule has 0 aromatic heterocycles. The molecule has 1 aromatic rings. The monoisotopic (exact) mass is 528 g/mol. The van der Waals surface area contributed by atoms with Crippen LogP contribution in [0, 0.1) is 5.92 Å². The number of rotatable bonds is 9. The highest BCUT2D eigenvalue weighted by atomic mass is 32.1. The number of ether oxygens (including phenoxy) is 1. The molecule has 0 saturated carbocycles. The normalized spacial score (nSPS) is 18.6. The first-order valence-electron chi connectivity index (χ1n) is 11.2. The molecule has 1 heterocycles. The van der Waals surface area contributed by atoms with Gasteiger partial charge in [-0.2, -0.15) is 27.0 Å². The molecule has 1 fully saturated rings. The second-order valence-electron chi connectivity index (χ2n) is 10.5. The lowest BCUT2D eigenvalue weighted by atomic mass is 10.0. The van der Waals surface area contributed by atoms with E-state index < -0.39 is 14.7 Å². The van der Waals surface area contributed by atoms with E-state index in [9.17, 15) is 13.2 Å². The molecule has 4 nitrogen and oxygen atoms in total. The van der Waals surface area contributed by atoms with E-state index in [1.807, 2.05) is 6.07 Å². The van der Waals surface area contributed by atoms with E-state index in [4.69, 9.17) is 4.43 Å². The molecular formula is C23H43F3N2O2S2Si. The van der Waals surface area contributed by atoms with Crippen molar-refractivity contribution in [2.24, 2.45) is 5.92 Å². The molecule has 0 bridgehead atoms. The van der Waals surface area contributed by atoms with Gasteiger partial charge in [0.15, 0.2) is 8.32 Å². The van der Waals surface area contributed by atoms with Crippen molar-refractivity contribution in [3.8, 4) is 5.75 Å². The number of hydrogen-bond acceptors (Lipinski definition) is 4. The van der Waals surface area contributed by atoms with E-state index >= 15 is 0 Å². The first kappa shape index (κ1) is 32.6. The Balaban J connectivity index is 0.00000512. The van der Waals surface area contributed by atoms with Crippen molar-refractivity contribution >= 4 is 35.3 Å². The smallest absolute Gasteiger partial charge is 0.413 e. The molecule has 0 radical (unpaired) electrons. The number of nitrogens with one attached hydrogen (secondary N) is 1. The van der Waals surface area contributed by atoms with E-state index in [0.717, 1.165) is 38.2 Å². The molecule has 33 heavy (non-hydrogen) atoms. The lowest BCUT2D eigenvalue weighted by Crippen LogP contribution is -2.44. The van der Waals surface area contributed by atoms with Crippen molar-refractivity contribution in [3.63, 3.8) is 0 Å². The van der Waals surface area contributed by atoms with Crippen LogP contribution in [0.25, 0.3) is 0 Å². The molecule has 2 rings (SSSR count). The highest BCUT2D eigenvalue weighted by molar-refractivity contribution is 7.59. The second kappa shape index (κ2) is 13.1. The summed E-state index contributed by atoms with van der Waals surface area (Å²) in [5.74, 6) is 0.257. The molecule has 194 valence electrons. The fourth-order valence-electron chi connectivity index (χ4n) is 3.50. The molecule has 1 N–H and O–H groups in total. The first-order valence-corrected chi connectivity index (χ1v) is 14.1. The Kier molecular flexibility index (Phi) is 12.9. The van der Waals surface area contributed by atoms with E-state index in [1.165, 1.54) is 12.1 Å². The number of halogens is 3. The van der Waals surface area contributed by atoms with Gasteiger partial charge >= 0.3 is 6.36 Å². The Hall–Kier alpha value is -0.393. The predicted molar refractivity (Wildman–Crippen MR) is 143 cm³/mol. The van der Waals surface area contributed by atoms with Crippen molar-refractivity contribution < 1.29 is 22.3 Å². The van der Waals surface area contributed by atoms with Gasteiger partial charge in [0, 0.05) is 25.7 Å². The molecule has 0 aliphatic carbocycles. The van der Waals surface area contributed by atoms with Crippen molar-refractivity contribution in [2.75, 3.05) is 26.2 Å². The molecule has 0 spiro atoms. The summed E-state index contributed by atoms with van der Waals surface area (Å²) in [6.45, 7) is 18.8. The van der Waals surface area contributed by atoms with Crippen LogP contribution < -0.4 is 10.1 Å². The van der Waals surface area contributed by atoms with E-state index in [2.05, 4.69) is 62.7 Å². The van der Waals surface area contributed by atoms with Gasteiger partial charge in [-0.05, 0) is 54.7 Å². The van der Waals surface area contributed by atoms with Crippen molar-refractivity contribution in [1.82, 2.24) is 10.2 Å². The van der Waals surface area contributed by atoms with Crippen LogP contribution in [0.5, 0.6) is 5.75 Å². The lowest BCUT2D eigenvalue weighted by molar-refractivity contribution is -0.274. The van der Waals surface area contributed by atoms with Crippen LogP contribution in [-0.2, 0) is 4.43 Å². The summed E-state index contributed by atoms with van der Waals surface area (Å²) in [7, 11) is -1.83. The molecule has 1 aliphatic heterocycles. The second-order valence-corrected chi connectivity index (χ2v) is 15.3. The van der Waals surface area contributed by atoms with Gasteiger partial charge in [0.25, 0.3) is 0 Å². The number of hydrogen-bond donors (Lipinski definition) is 1.